The zero-order valence-corrected chi connectivity index (χ0v) is 16.0. The third-order valence-electron chi connectivity index (χ3n) is 4.84. The van der Waals surface area contributed by atoms with Crippen LogP contribution in [-0.2, 0) is 20.7 Å². The summed E-state index contributed by atoms with van der Waals surface area (Å²) >= 11 is 6.23. The molecule has 138 valence electrons. The maximum atomic E-state index is 13.3. The summed E-state index contributed by atoms with van der Waals surface area (Å²) in [5.74, 6) is 1.10. The first kappa shape index (κ1) is 18.4. The quantitative estimate of drug-likeness (QED) is 0.740. The Morgan fingerprint density at radius 2 is 2.16 bits per heavy atom. The summed E-state index contributed by atoms with van der Waals surface area (Å²) < 4.78 is 10.9. The number of likely N-dealkylation sites (N-methyl/N-ethyl adjacent to an activating group) is 1. The zero-order chi connectivity index (χ0) is 18.2. The van der Waals surface area contributed by atoms with E-state index < -0.39 is 5.54 Å². The van der Waals surface area contributed by atoms with Crippen molar-refractivity contribution in [2.75, 3.05) is 50.3 Å². The number of methoxy groups -OCH3 is 1. The van der Waals surface area contributed by atoms with E-state index in [1.165, 1.54) is 0 Å². The first-order valence-corrected chi connectivity index (χ1v) is 8.97. The molecule has 0 bridgehead atoms. The smallest absolute Gasteiger partial charge is 0.255 e. The molecule has 1 spiro atoms. The van der Waals surface area contributed by atoms with E-state index >= 15 is 0 Å². The van der Waals surface area contributed by atoms with Crippen LogP contribution in [0.3, 0.4) is 0 Å². The Kier molecular flexibility index (Phi) is 5.18. The van der Waals surface area contributed by atoms with Crippen LogP contribution in [0.2, 0.25) is 5.28 Å². The minimum Gasteiger partial charge on any atom is -0.383 e. The Labute approximate surface area is 153 Å². The molecule has 1 unspecified atom stereocenters. The molecule has 1 amide bonds. The van der Waals surface area contributed by atoms with Crippen LogP contribution >= 0.6 is 11.6 Å². The summed E-state index contributed by atoms with van der Waals surface area (Å²) in [4.78, 5) is 25.9. The molecule has 0 saturated carbocycles. The molecule has 3 heterocycles. The number of aromatic nitrogens is 2. The van der Waals surface area contributed by atoms with Crippen LogP contribution in [0.25, 0.3) is 0 Å². The van der Waals surface area contributed by atoms with Crippen molar-refractivity contribution in [3.05, 3.63) is 11.0 Å². The van der Waals surface area contributed by atoms with E-state index in [2.05, 4.69) is 23.8 Å². The van der Waals surface area contributed by atoms with Crippen LogP contribution in [0.1, 0.15) is 26.0 Å². The lowest BCUT2D eigenvalue weighted by molar-refractivity contribution is -0.124. The SMILES string of the molecule is COCCN1c2nc(Cl)nc(CC(C)C)c2N(C)C(=O)C12CCOC2. The highest BCUT2D eigenvalue weighted by Gasteiger charge is 2.54. The van der Waals surface area contributed by atoms with Crippen LogP contribution in [0.4, 0.5) is 11.5 Å². The molecule has 0 radical (unpaired) electrons. The standard InChI is InChI=1S/C17H25ClN4O3/c1-11(2)9-12-13-14(20-16(18)19-12)22(6-8-24-4)17(5-7-25-10-17)15(23)21(13)3/h11H,5-10H2,1-4H3. The van der Waals surface area contributed by atoms with Gasteiger partial charge in [0.25, 0.3) is 5.91 Å². The molecular formula is C17H25ClN4O3. The molecule has 0 aromatic carbocycles. The van der Waals surface area contributed by atoms with Crippen LogP contribution in [0, 0.1) is 5.92 Å². The van der Waals surface area contributed by atoms with Crippen LogP contribution < -0.4 is 9.80 Å². The number of halogens is 1. The second kappa shape index (κ2) is 7.05. The van der Waals surface area contributed by atoms with Gasteiger partial charge in [0.05, 0.1) is 18.9 Å². The third-order valence-corrected chi connectivity index (χ3v) is 5.01. The molecule has 1 aromatic rings. The van der Waals surface area contributed by atoms with Crippen molar-refractivity contribution in [1.82, 2.24) is 9.97 Å². The largest absolute Gasteiger partial charge is 0.383 e. The van der Waals surface area contributed by atoms with Gasteiger partial charge >= 0.3 is 0 Å². The number of hydrogen-bond donors (Lipinski definition) is 0. The molecule has 7 nitrogen and oxygen atoms in total. The molecule has 8 heteroatoms. The molecule has 25 heavy (non-hydrogen) atoms. The van der Waals surface area contributed by atoms with Crippen molar-refractivity contribution in [1.29, 1.82) is 0 Å². The summed E-state index contributed by atoms with van der Waals surface area (Å²) in [5.41, 5.74) is 0.807. The normalized spacial score (nSPS) is 23.0. The first-order valence-electron chi connectivity index (χ1n) is 8.59. The van der Waals surface area contributed by atoms with E-state index in [-0.39, 0.29) is 11.2 Å². The predicted molar refractivity (Wildman–Crippen MR) is 96.4 cm³/mol. The molecule has 0 N–H and O–H groups in total. The minimum atomic E-state index is -0.743. The van der Waals surface area contributed by atoms with Crippen LogP contribution in [-0.4, -0.2) is 61.9 Å². The summed E-state index contributed by atoms with van der Waals surface area (Å²) in [6.45, 7) is 6.15. The fourth-order valence-corrected chi connectivity index (χ4v) is 3.87. The van der Waals surface area contributed by atoms with Gasteiger partial charge in [-0.25, -0.2) is 4.98 Å². The Bertz CT molecular complexity index is 662. The Balaban J connectivity index is 2.17. The molecule has 1 atom stereocenters. The molecule has 1 fully saturated rings. The van der Waals surface area contributed by atoms with Gasteiger partial charge in [0.15, 0.2) is 5.82 Å². The van der Waals surface area contributed by atoms with Gasteiger partial charge in [-0.3, -0.25) is 4.79 Å². The van der Waals surface area contributed by atoms with Gasteiger partial charge in [-0.05, 0) is 23.9 Å². The number of amides is 1. The monoisotopic (exact) mass is 368 g/mol. The van der Waals surface area contributed by atoms with Gasteiger partial charge in [0.2, 0.25) is 5.28 Å². The summed E-state index contributed by atoms with van der Waals surface area (Å²) in [5, 5.41) is 0.202. The Morgan fingerprint density at radius 1 is 1.40 bits per heavy atom. The van der Waals surface area contributed by atoms with Crippen LogP contribution in [0.5, 0.6) is 0 Å². The van der Waals surface area contributed by atoms with E-state index in [9.17, 15) is 4.79 Å². The minimum absolute atomic E-state index is 0.0181. The first-order chi connectivity index (χ1) is 11.9. The number of fused-ring (bicyclic) bond motifs is 1. The lowest BCUT2D eigenvalue weighted by Gasteiger charge is -2.47. The van der Waals surface area contributed by atoms with E-state index in [0.29, 0.717) is 44.5 Å². The average molecular weight is 369 g/mol. The Morgan fingerprint density at radius 3 is 2.76 bits per heavy atom. The molecule has 1 saturated heterocycles. The fraction of sp³-hybridized carbons (Fsp3) is 0.706. The molecular weight excluding hydrogens is 344 g/mol. The molecule has 1 aromatic heterocycles. The number of anilines is 2. The molecule has 2 aliphatic heterocycles. The summed E-state index contributed by atoms with van der Waals surface area (Å²) in [6, 6.07) is 0. The van der Waals surface area contributed by atoms with E-state index in [1.807, 2.05) is 4.90 Å². The number of carbonyl (C=O) groups excluding carboxylic acids is 1. The van der Waals surface area contributed by atoms with Crippen molar-refractivity contribution in [2.45, 2.75) is 32.2 Å². The van der Waals surface area contributed by atoms with Gasteiger partial charge in [-0.2, -0.15) is 4.98 Å². The lowest BCUT2D eigenvalue weighted by Crippen LogP contribution is -2.64. The van der Waals surface area contributed by atoms with E-state index in [1.54, 1.807) is 19.1 Å². The number of ether oxygens (including phenoxy) is 2. The van der Waals surface area contributed by atoms with Crippen molar-refractivity contribution < 1.29 is 14.3 Å². The average Bonchev–Trinajstić information content (AvgIpc) is 3.02. The maximum absolute atomic E-state index is 13.3. The number of rotatable bonds is 5. The van der Waals surface area contributed by atoms with Crippen molar-refractivity contribution in [3.8, 4) is 0 Å². The second-order valence-corrected chi connectivity index (χ2v) is 7.39. The van der Waals surface area contributed by atoms with E-state index in [4.69, 9.17) is 21.1 Å². The second-order valence-electron chi connectivity index (χ2n) is 7.05. The van der Waals surface area contributed by atoms with Crippen molar-refractivity contribution in [2.24, 2.45) is 5.92 Å². The lowest BCUT2D eigenvalue weighted by atomic mass is 9.90. The fourth-order valence-electron chi connectivity index (χ4n) is 3.69. The van der Waals surface area contributed by atoms with E-state index in [0.717, 1.165) is 17.8 Å². The highest BCUT2D eigenvalue weighted by atomic mass is 35.5. The number of nitrogens with zero attached hydrogens (tertiary/aromatic N) is 4. The maximum Gasteiger partial charge on any atom is 0.255 e. The third kappa shape index (κ3) is 3.09. The zero-order valence-electron chi connectivity index (χ0n) is 15.2. The summed E-state index contributed by atoms with van der Waals surface area (Å²) in [6.07, 6.45) is 1.35. The number of carbonyl (C=O) groups is 1. The highest BCUT2D eigenvalue weighted by molar-refractivity contribution is 6.28. The van der Waals surface area contributed by atoms with Gasteiger partial charge in [0, 0.05) is 33.7 Å². The van der Waals surface area contributed by atoms with Crippen molar-refractivity contribution in [3.63, 3.8) is 0 Å². The molecule has 2 aliphatic rings. The number of hydrogen-bond acceptors (Lipinski definition) is 6. The Hall–Kier alpha value is -1.44. The van der Waals surface area contributed by atoms with Crippen molar-refractivity contribution >= 4 is 29.0 Å². The summed E-state index contributed by atoms with van der Waals surface area (Å²) in [7, 11) is 3.43. The highest BCUT2D eigenvalue weighted by Crippen LogP contribution is 2.44. The van der Waals surface area contributed by atoms with Crippen LogP contribution in [0.15, 0.2) is 0 Å². The van der Waals surface area contributed by atoms with Gasteiger partial charge in [0.1, 0.15) is 11.2 Å². The predicted octanol–water partition coefficient (Wildman–Crippen LogP) is 1.92. The van der Waals surface area contributed by atoms with Gasteiger partial charge in [-0.1, -0.05) is 13.8 Å². The topological polar surface area (TPSA) is 67.8 Å². The molecule has 0 aliphatic carbocycles. The molecule has 3 rings (SSSR count). The van der Waals surface area contributed by atoms with Gasteiger partial charge < -0.3 is 19.3 Å². The van der Waals surface area contributed by atoms with Gasteiger partial charge in [-0.15, -0.1) is 0 Å².